The predicted molar refractivity (Wildman–Crippen MR) is 79.1 cm³/mol. The summed E-state index contributed by atoms with van der Waals surface area (Å²) in [6.07, 6.45) is 3.01. The van der Waals surface area contributed by atoms with Gasteiger partial charge in [0.15, 0.2) is 0 Å². The van der Waals surface area contributed by atoms with Gasteiger partial charge in [-0.05, 0) is 37.1 Å². The zero-order valence-electron chi connectivity index (χ0n) is 12.1. The van der Waals surface area contributed by atoms with Crippen LogP contribution in [0.25, 0.3) is 0 Å². The van der Waals surface area contributed by atoms with E-state index in [0.717, 1.165) is 22.6 Å². The minimum Gasteiger partial charge on any atom is -0.491 e. The van der Waals surface area contributed by atoms with Crippen LogP contribution >= 0.6 is 0 Å². The second-order valence-corrected chi connectivity index (χ2v) is 5.07. The molecule has 5 nitrogen and oxygen atoms in total. The zero-order valence-corrected chi connectivity index (χ0v) is 12.1. The Labute approximate surface area is 119 Å². The van der Waals surface area contributed by atoms with Crippen molar-refractivity contribution in [3.8, 4) is 5.75 Å². The molecule has 0 saturated carbocycles. The van der Waals surface area contributed by atoms with E-state index in [0.29, 0.717) is 6.54 Å². The molecular formula is C15H21N3O2. The van der Waals surface area contributed by atoms with Crippen molar-refractivity contribution in [3.63, 3.8) is 0 Å². The molecule has 20 heavy (non-hydrogen) atoms. The van der Waals surface area contributed by atoms with Gasteiger partial charge >= 0.3 is 0 Å². The third-order valence-electron chi connectivity index (χ3n) is 2.88. The van der Waals surface area contributed by atoms with Gasteiger partial charge in [0.1, 0.15) is 18.5 Å². The van der Waals surface area contributed by atoms with E-state index in [1.165, 1.54) is 0 Å². The van der Waals surface area contributed by atoms with Gasteiger partial charge in [-0.3, -0.25) is 4.68 Å². The molecule has 0 aliphatic rings. The fraction of sp³-hybridized carbons (Fsp3) is 0.400. The standard InChI is InChI=1S/C15H21N3O2/c1-11-4-12(2)6-15(5-11)20-10-14(19)8-16-13-7-17-18(3)9-13/h4-7,9,14,16,19H,8,10H2,1-3H3. The van der Waals surface area contributed by atoms with Gasteiger partial charge in [0.2, 0.25) is 0 Å². The third-order valence-corrected chi connectivity index (χ3v) is 2.88. The van der Waals surface area contributed by atoms with Crippen LogP contribution in [0.4, 0.5) is 5.69 Å². The molecule has 0 aliphatic heterocycles. The van der Waals surface area contributed by atoms with Crippen molar-refractivity contribution in [1.82, 2.24) is 9.78 Å². The van der Waals surface area contributed by atoms with Crippen LogP contribution < -0.4 is 10.1 Å². The number of aliphatic hydroxyl groups excluding tert-OH is 1. The summed E-state index contributed by atoms with van der Waals surface area (Å²) in [5.41, 5.74) is 3.20. The average molecular weight is 275 g/mol. The van der Waals surface area contributed by atoms with Crippen LogP contribution in [0.2, 0.25) is 0 Å². The maximum absolute atomic E-state index is 9.90. The molecule has 2 N–H and O–H groups in total. The smallest absolute Gasteiger partial charge is 0.119 e. The number of ether oxygens (including phenoxy) is 1. The molecule has 2 rings (SSSR count). The third kappa shape index (κ3) is 4.28. The maximum atomic E-state index is 9.90. The first-order valence-corrected chi connectivity index (χ1v) is 6.64. The Kier molecular flexibility index (Phi) is 4.63. The van der Waals surface area contributed by atoms with Gasteiger partial charge in [0.05, 0.1) is 11.9 Å². The fourth-order valence-corrected chi connectivity index (χ4v) is 2.02. The number of aryl methyl sites for hydroxylation is 3. The van der Waals surface area contributed by atoms with Crippen molar-refractivity contribution in [3.05, 3.63) is 41.7 Å². The van der Waals surface area contributed by atoms with Crippen LogP contribution in [0.5, 0.6) is 5.75 Å². The number of nitrogens with zero attached hydrogens (tertiary/aromatic N) is 2. The molecule has 0 amide bonds. The lowest BCUT2D eigenvalue weighted by Crippen LogP contribution is -2.26. The number of benzene rings is 1. The molecule has 0 fully saturated rings. The van der Waals surface area contributed by atoms with E-state index in [9.17, 15) is 5.11 Å². The van der Waals surface area contributed by atoms with Gasteiger partial charge in [-0.1, -0.05) is 6.07 Å². The summed E-state index contributed by atoms with van der Waals surface area (Å²) in [5, 5.41) is 17.1. The summed E-state index contributed by atoms with van der Waals surface area (Å²) in [5.74, 6) is 0.794. The molecule has 0 radical (unpaired) electrons. The Balaban J connectivity index is 1.78. The molecule has 108 valence electrons. The summed E-state index contributed by atoms with van der Waals surface area (Å²) in [6.45, 7) is 4.74. The van der Waals surface area contributed by atoms with E-state index in [-0.39, 0.29) is 6.61 Å². The molecule has 0 aliphatic carbocycles. The Bertz CT molecular complexity index is 546. The number of anilines is 1. The van der Waals surface area contributed by atoms with Crippen LogP contribution in [0.15, 0.2) is 30.6 Å². The average Bonchev–Trinajstić information content (AvgIpc) is 2.79. The first kappa shape index (κ1) is 14.4. The van der Waals surface area contributed by atoms with Crippen molar-refractivity contribution < 1.29 is 9.84 Å². The van der Waals surface area contributed by atoms with E-state index < -0.39 is 6.10 Å². The summed E-state index contributed by atoms with van der Waals surface area (Å²) >= 11 is 0. The van der Waals surface area contributed by atoms with Gasteiger partial charge in [0.25, 0.3) is 0 Å². The molecular weight excluding hydrogens is 254 g/mol. The quantitative estimate of drug-likeness (QED) is 0.845. The Morgan fingerprint density at radius 1 is 1.30 bits per heavy atom. The highest BCUT2D eigenvalue weighted by atomic mass is 16.5. The van der Waals surface area contributed by atoms with E-state index in [1.807, 2.05) is 39.2 Å². The molecule has 0 bridgehead atoms. The molecule has 1 aromatic heterocycles. The molecule has 1 atom stereocenters. The molecule has 0 spiro atoms. The normalized spacial score (nSPS) is 12.2. The van der Waals surface area contributed by atoms with Crippen molar-refractivity contribution >= 4 is 5.69 Å². The number of nitrogens with one attached hydrogen (secondary N) is 1. The second-order valence-electron chi connectivity index (χ2n) is 5.07. The first-order chi connectivity index (χ1) is 9.52. The minimum absolute atomic E-state index is 0.260. The lowest BCUT2D eigenvalue weighted by molar-refractivity contribution is 0.117. The summed E-state index contributed by atoms with van der Waals surface area (Å²) in [7, 11) is 1.85. The summed E-state index contributed by atoms with van der Waals surface area (Å²) < 4.78 is 7.32. The topological polar surface area (TPSA) is 59.3 Å². The largest absolute Gasteiger partial charge is 0.491 e. The van der Waals surface area contributed by atoms with E-state index >= 15 is 0 Å². The van der Waals surface area contributed by atoms with E-state index in [4.69, 9.17) is 4.74 Å². The predicted octanol–water partition coefficient (Wildman–Crippen LogP) is 1.89. The van der Waals surface area contributed by atoms with E-state index in [1.54, 1.807) is 10.9 Å². The van der Waals surface area contributed by atoms with Crippen molar-refractivity contribution in [2.24, 2.45) is 7.05 Å². The van der Waals surface area contributed by atoms with Gasteiger partial charge in [-0.2, -0.15) is 5.10 Å². The highest BCUT2D eigenvalue weighted by molar-refractivity contribution is 5.38. The summed E-state index contributed by atoms with van der Waals surface area (Å²) in [6, 6.07) is 6.02. The monoisotopic (exact) mass is 275 g/mol. The number of hydrogen-bond acceptors (Lipinski definition) is 4. The second kappa shape index (κ2) is 6.43. The zero-order chi connectivity index (χ0) is 14.5. The van der Waals surface area contributed by atoms with Crippen LogP contribution in [0, 0.1) is 13.8 Å². The van der Waals surface area contributed by atoms with Crippen LogP contribution in [0.3, 0.4) is 0 Å². The van der Waals surface area contributed by atoms with Gasteiger partial charge < -0.3 is 15.2 Å². The number of hydrogen-bond donors (Lipinski definition) is 2. The van der Waals surface area contributed by atoms with Crippen LogP contribution in [-0.4, -0.2) is 34.1 Å². The number of aromatic nitrogens is 2. The minimum atomic E-state index is -0.573. The van der Waals surface area contributed by atoms with Crippen LogP contribution in [-0.2, 0) is 7.05 Å². The molecule has 1 aromatic carbocycles. The molecule has 0 saturated heterocycles. The van der Waals surface area contributed by atoms with E-state index in [2.05, 4.69) is 16.5 Å². The Morgan fingerprint density at radius 2 is 2.00 bits per heavy atom. The highest BCUT2D eigenvalue weighted by Crippen LogP contribution is 2.16. The lowest BCUT2D eigenvalue weighted by Gasteiger charge is -2.14. The van der Waals surface area contributed by atoms with Gasteiger partial charge in [0, 0.05) is 19.8 Å². The van der Waals surface area contributed by atoms with Gasteiger partial charge in [-0.25, -0.2) is 0 Å². The molecule has 5 heteroatoms. The Hall–Kier alpha value is -2.01. The summed E-state index contributed by atoms with van der Waals surface area (Å²) in [4.78, 5) is 0. The molecule has 1 unspecified atom stereocenters. The number of rotatable bonds is 6. The fourth-order valence-electron chi connectivity index (χ4n) is 2.02. The highest BCUT2D eigenvalue weighted by Gasteiger charge is 2.06. The SMILES string of the molecule is Cc1cc(C)cc(OCC(O)CNc2cnn(C)c2)c1. The van der Waals surface area contributed by atoms with Crippen molar-refractivity contribution in [2.75, 3.05) is 18.5 Å². The van der Waals surface area contributed by atoms with Crippen molar-refractivity contribution in [1.29, 1.82) is 0 Å². The number of aliphatic hydroxyl groups is 1. The maximum Gasteiger partial charge on any atom is 0.119 e. The van der Waals surface area contributed by atoms with Crippen LogP contribution in [0.1, 0.15) is 11.1 Å². The van der Waals surface area contributed by atoms with Crippen molar-refractivity contribution in [2.45, 2.75) is 20.0 Å². The Morgan fingerprint density at radius 3 is 2.60 bits per heavy atom. The molecule has 2 aromatic rings. The molecule has 1 heterocycles. The lowest BCUT2D eigenvalue weighted by atomic mass is 10.1. The van der Waals surface area contributed by atoms with Gasteiger partial charge in [-0.15, -0.1) is 0 Å². The first-order valence-electron chi connectivity index (χ1n) is 6.64.